The first-order valence-electron chi connectivity index (χ1n) is 6.48. The van der Waals surface area contributed by atoms with Crippen LogP contribution in [0, 0.1) is 11.3 Å². The molecule has 0 aliphatic heterocycles. The summed E-state index contributed by atoms with van der Waals surface area (Å²) < 4.78 is 0. The van der Waals surface area contributed by atoms with Gasteiger partial charge in [0.1, 0.15) is 0 Å². The average molecular weight is 258 g/mol. The van der Waals surface area contributed by atoms with E-state index in [2.05, 4.69) is 33.0 Å². The number of rotatable bonds is 8. The zero-order valence-electron chi connectivity index (χ0n) is 11.5. The van der Waals surface area contributed by atoms with Crippen LogP contribution >= 0.6 is 12.2 Å². The van der Waals surface area contributed by atoms with Gasteiger partial charge in [0, 0.05) is 6.54 Å². The summed E-state index contributed by atoms with van der Waals surface area (Å²) in [5, 5.41) is 2.97. The topological polar surface area (TPSA) is 55.1 Å². The van der Waals surface area contributed by atoms with Gasteiger partial charge in [0.25, 0.3) is 0 Å². The summed E-state index contributed by atoms with van der Waals surface area (Å²) in [7, 11) is 0. The molecule has 3 N–H and O–H groups in total. The van der Waals surface area contributed by atoms with E-state index in [9.17, 15) is 4.79 Å². The highest BCUT2D eigenvalue weighted by atomic mass is 32.1. The average Bonchev–Trinajstić information content (AvgIpc) is 2.24. The van der Waals surface area contributed by atoms with Crippen molar-refractivity contribution in [3.63, 3.8) is 0 Å². The third-order valence-electron chi connectivity index (χ3n) is 2.93. The molecule has 1 amide bonds. The van der Waals surface area contributed by atoms with Gasteiger partial charge in [0.15, 0.2) is 0 Å². The Balaban J connectivity index is 4.86. The van der Waals surface area contributed by atoms with Gasteiger partial charge in [-0.3, -0.25) is 4.79 Å². The monoisotopic (exact) mass is 258 g/mol. The first-order chi connectivity index (χ1) is 7.90. The number of hydrogen-bond donors (Lipinski definition) is 2. The Morgan fingerprint density at radius 2 is 1.76 bits per heavy atom. The highest BCUT2D eigenvalue weighted by Crippen LogP contribution is 2.30. The molecule has 0 radical (unpaired) electrons. The summed E-state index contributed by atoms with van der Waals surface area (Å²) in [6.45, 7) is 8.93. The number of carbonyl (C=O) groups excluding carboxylic acids is 1. The smallest absolute Gasteiger partial charge is 0.233 e. The maximum Gasteiger partial charge on any atom is 0.233 e. The molecule has 0 aromatic heterocycles. The van der Waals surface area contributed by atoms with Crippen LogP contribution in [0.3, 0.4) is 0 Å². The molecule has 0 aromatic rings. The van der Waals surface area contributed by atoms with Crippen molar-refractivity contribution in [3.05, 3.63) is 0 Å². The first kappa shape index (κ1) is 16.4. The van der Waals surface area contributed by atoms with Gasteiger partial charge in [0.2, 0.25) is 5.91 Å². The van der Waals surface area contributed by atoms with Crippen molar-refractivity contribution in [1.82, 2.24) is 5.32 Å². The molecule has 0 aliphatic carbocycles. The third-order valence-corrected chi connectivity index (χ3v) is 3.32. The minimum Gasteiger partial charge on any atom is -0.392 e. The summed E-state index contributed by atoms with van der Waals surface area (Å²) >= 11 is 5.13. The molecule has 17 heavy (non-hydrogen) atoms. The van der Waals surface area contributed by atoms with Gasteiger partial charge in [-0.15, -0.1) is 0 Å². The van der Waals surface area contributed by atoms with Crippen molar-refractivity contribution < 1.29 is 4.79 Å². The number of carbonyl (C=O) groups is 1. The van der Waals surface area contributed by atoms with Gasteiger partial charge in [-0.25, -0.2) is 0 Å². The zero-order valence-corrected chi connectivity index (χ0v) is 12.3. The lowest BCUT2D eigenvalue weighted by molar-refractivity contribution is -0.128. The van der Waals surface area contributed by atoms with E-state index in [4.69, 9.17) is 18.0 Å². The Bertz CT molecular complexity index is 258. The lowest BCUT2D eigenvalue weighted by atomic mass is 9.78. The normalized spacial score (nSPS) is 11.6. The fourth-order valence-electron chi connectivity index (χ4n) is 2.03. The van der Waals surface area contributed by atoms with Crippen LogP contribution in [-0.2, 0) is 4.79 Å². The largest absolute Gasteiger partial charge is 0.392 e. The zero-order chi connectivity index (χ0) is 13.5. The van der Waals surface area contributed by atoms with E-state index in [-0.39, 0.29) is 5.91 Å². The molecule has 0 saturated carbocycles. The highest BCUT2D eigenvalue weighted by Gasteiger charge is 2.39. The molecule has 100 valence electrons. The van der Waals surface area contributed by atoms with Crippen molar-refractivity contribution in [2.24, 2.45) is 17.1 Å². The summed E-state index contributed by atoms with van der Waals surface area (Å²) in [5.74, 6) is 0.439. The van der Waals surface area contributed by atoms with Gasteiger partial charge in [0.05, 0.1) is 10.4 Å². The molecular formula is C13H26N2OS. The molecule has 0 saturated heterocycles. The Labute approximate surface area is 111 Å². The van der Waals surface area contributed by atoms with Gasteiger partial charge < -0.3 is 11.1 Å². The molecule has 3 nitrogen and oxygen atoms in total. The molecule has 0 unspecified atom stereocenters. The fraction of sp³-hybridized carbons (Fsp3) is 0.846. The number of amides is 1. The Morgan fingerprint density at radius 1 is 1.29 bits per heavy atom. The van der Waals surface area contributed by atoms with Crippen molar-refractivity contribution in [2.45, 2.75) is 53.4 Å². The van der Waals surface area contributed by atoms with Crippen LogP contribution < -0.4 is 11.1 Å². The van der Waals surface area contributed by atoms with Crippen LogP contribution in [0.1, 0.15) is 53.4 Å². The van der Waals surface area contributed by atoms with Crippen LogP contribution in [0.25, 0.3) is 0 Å². The standard InChI is InChI=1S/C13H26N2OS/c1-5-7-13(8-6-2,11(14)17)12(16)15-9-10(3)4/h10H,5-9H2,1-4H3,(H2,14,17)(H,15,16). The van der Waals surface area contributed by atoms with Crippen LogP contribution in [0.5, 0.6) is 0 Å². The van der Waals surface area contributed by atoms with Crippen LogP contribution in [-0.4, -0.2) is 17.4 Å². The van der Waals surface area contributed by atoms with E-state index in [1.54, 1.807) is 0 Å². The van der Waals surface area contributed by atoms with Crippen LogP contribution in [0.2, 0.25) is 0 Å². The van der Waals surface area contributed by atoms with E-state index < -0.39 is 5.41 Å². The Hall–Kier alpha value is -0.640. The Morgan fingerprint density at radius 3 is 2.06 bits per heavy atom. The van der Waals surface area contributed by atoms with E-state index in [0.29, 0.717) is 17.5 Å². The number of nitrogens with one attached hydrogen (secondary N) is 1. The van der Waals surface area contributed by atoms with Crippen LogP contribution in [0.15, 0.2) is 0 Å². The molecule has 0 aromatic carbocycles. The summed E-state index contributed by atoms with van der Waals surface area (Å²) in [5.41, 5.74) is 5.18. The summed E-state index contributed by atoms with van der Waals surface area (Å²) in [6, 6.07) is 0. The minimum atomic E-state index is -0.645. The van der Waals surface area contributed by atoms with Gasteiger partial charge >= 0.3 is 0 Å². The second kappa shape index (κ2) is 7.64. The van der Waals surface area contributed by atoms with Crippen molar-refractivity contribution in [2.75, 3.05) is 6.54 Å². The van der Waals surface area contributed by atoms with E-state index in [1.165, 1.54) is 0 Å². The van der Waals surface area contributed by atoms with Crippen molar-refractivity contribution in [3.8, 4) is 0 Å². The first-order valence-corrected chi connectivity index (χ1v) is 6.89. The lowest BCUT2D eigenvalue weighted by Crippen LogP contribution is -2.49. The van der Waals surface area contributed by atoms with E-state index >= 15 is 0 Å². The highest BCUT2D eigenvalue weighted by molar-refractivity contribution is 7.80. The minimum absolute atomic E-state index is 0.00222. The van der Waals surface area contributed by atoms with Crippen molar-refractivity contribution in [1.29, 1.82) is 0 Å². The molecule has 0 fully saturated rings. The second-order valence-corrected chi connectivity index (χ2v) is 5.49. The van der Waals surface area contributed by atoms with Gasteiger partial charge in [-0.2, -0.15) is 0 Å². The maximum atomic E-state index is 12.3. The van der Waals surface area contributed by atoms with Crippen molar-refractivity contribution >= 4 is 23.1 Å². The maximum absolute atomic E-state index is 12.3. The fourth-order valence-corrected chi connectivity index (χ4v) is 2.33. The Kier molecular flexibility index (Phi) is 7.35. The molecule has 0 spiro atoms. The third kappa shape index (κ3) is 4.62. The predicted octanol–water partition coefficient (Wildman–Crippen LogP) is 2.63. The summed E-state index contributed by atoms with van der Waals surface area (Å²) in [6.07, 6.45) is 3.29. The van der Waals surface area contributed by atoms with Gasteiger partial charge in [-0.05, 0) is 18.8 Å². The number of hydrogen-bond acceptors (Lipinski definition) is 2. The molecule has 0 heterocycles. The van der Waals surface area contributed by atoms with E-state index in [1.807, 2.05) is 0 Å². The second-order valence-electron chi connectivity index (χ2n) is 5.05. The molecule has 4 heteroatoms. The molecule has 0 atom stereocenters. The van der Waals surface area contributed by atoms with Crippen LogP contribution in [0.4, 0.5) is 0 Å². The molecule has 0 aliphatic rings. The molecule has 0 rings (SSSR count). The predicted molar refractivity (Wildman–Crippen MR) is 76.9 cm³/mol. The lowest BCUT2D eigenvalue weighted by Gasteiger charge is -2.31. The molecular weight excluding hydrogens is 232 g/mol. The molecule has 0 bridgehead atoms. The summed E-state index contributed by atoms with van der Waals surface area (Å²) in [4.78, 5) is 12.6. The van der Waals surface area contributed by atoms with E-state index in [0.717, 1.165) is 25.7 Å². The number of thiocarbonyl (C=S) groups is 1. The number of nitrogens with two attached hydrogens (primary N) is 1. The van der Waals surface area contributed by atoms with Gasteiger partial charge in [-0.1, -0.05) is 52.8 Å². The quantitative estimate of drug-likeness (QED) is 0.658. The SMILES string of the molecule is CCCC(CCC)(C(=O)NCC(C)C)C(N)=S.